The predicted molar refractivity (Wildman–Crippen MR) is 26.4 cm³/mol. The highest BCUT2D eigenvalue weighted by atomic mass is 16.1. The summed E-state index contributed by atoms with van der Waals surface area (Å²) in [5.41, 5.74) is 0. The molecule has 0 radical (unpaired) electrons. The number of nitrogens with one attached hydrogen (secondary N) is 1. The molecule has 0 aliphatic rings. The molecule has 38 valence electrons. The molecule has 0 aromatic rings. The van der Waals surface area contributed by atoms with Crippen LogP contribution in [0.1, 0.15) is 15.3 Å². The number of carbonyl (C=O) groups is 1. The summed E-state index contributed by atoms with van der Waals surface area (Å²) in [5.74, 6) is 0. The van der Waals surface area contributed by atoms with E-state index < -0.39 is 0 Å². The van der Waals surface area contributed by atoms with Crippen molar-refractivity contribution in [2.45, 2.75) is 19.9 Å². The normalized spacial score (nSPS) is 8.50. The van der Waals surface area contributed by atoms with E-state index >= 15 is 0 Å². The van der Waals surface area contributed by atoms with E-state index in [-0.39, 0.29) is 7.47 Å². The Morgan fingerprint density at radius 1 is 1.83 bits per heavy atom. The third-order valence-corrected chi connectivity index (χ3v) is 0.401. The molecular weight excluding hydrogens is 78.0 g/mol. The summed E-state index contributed by atoms with van der Waals surface area (Å²) in [6.45, 7) is 3.82. The molecule has 0 heterocycles. The van der Waals surface area contributed by atoms with E-state index in [2.05, 4.69) is 5.32 Å². The molecule has 1 amide bonds. The van der Waals surface area contributed by atoms with Gasteiger partial charge >= 0.3 is 0 Å². The van der Waals surface area contributed by atoms with Crippen LogP contribution in [0.25, 0.3) is 0 Å². The molecule has 0 aromatic heterocycles. The first kappa shape index (κ1) is 5.47. The highest BCUT2D eigenvalue weighted by molar-refractivity contribution is 5.46. The average Bonchev–Trinajstić information content (AvgIpc) is 1.35. The van der Waals surface area contributed by atoms with Crippen LogP contribution >= 0.6 is 0 Å². The second kappa shape index (κ2) is 2.69. The molecule has 1 N–H and O–H groups in total. The predicted octanol–water partition coefficient (Wildman–Crippen LogP) is 0.387. The van der Waals surface area contributed by atoms with Gasteiger partial charge in [-0.1, -0.05) is 0 Å². The molecule has 0 aliphatic heterocycles. The number of amides is 1. The van der Waals surface area contributed by atoms with E-state index in [1.165, 1.54) is 0 Å². The molecule has 0 saturated heterocycles. The van der Waals surface area contributed by atoms with E-state index in [1.807, 2.05) is 13.8 Å². The quantitative estimate of drug-likeness (QED) is 0.487. The van der Waals surface area contributed by atoms with Crippen molar-refractivity contribution in [3.63, 3.8) is 0 Å². The average molecular weight is 89.1 g/mol. The van der Waals surface area contributed by atoms with Gasteiger partial charge in [0.1, 0.15) is 0 Å². The molecule has 0 spiro atoms. The smallest absolute Gasteiger partial charge is 0.207 e. The van der Waals surface area contributed by atoms with Crippen molar-refractivity contribution in [1.29, 1.82) is 0 Å². The molecule has 2 nitrogen and oxygen atoms in total. The van der Waals surface area contributed by atoms with Crippen molar-refractivity contribution >= 4 is 6.41 Å². The fourth-order valence-corrected chi connectivity index (χ4v) is 0.136. The maximum Gasteiger partial charge on any atom is 0.207 e. The van der Waals surface area contributed by atoms with Crippen molar-refractivity contribution in [2.24, 2.45) is 0 Å². The highest BCUT2D eigenvalue weighted by Gasteiger charge is 1.81. The SMILES string of the molecule is CC(C)NC=O.[HH]. The number of hydrogen-bond donors (Lipinski definition) is 1. The Balaban J connectivity index is 0. The summed E-state index contributed by atoms with van der Waals surface area (Å²) in [5, 5.41) is 2.53. The number of hydrogen-bond acceptors (Lipinski definition) is 1. The van der Waals surface area contributed by atoms with Crippen LogP contribution < -0.4 is 5.32 Å². The molecular formula is C4H11NO. The molecule has 0 fully saturated rings. The second-order valence-electron chi connectivity index (χ2n) is 1.44. The second-order valence-corrected chi connectivity index (χ2v) is 1.44. The van der Waals surface area contributed by atoms with Gasteiger partial charge in [0.15, 0.2) is 0 Å². The van der Waals surface area contributed by atoms with E-state index in [9.17, 15) is 4.79 Å². The van der Waals surface area contributed by atoms with Crippen LogP contribution in [0, 0.1) is 0 Å². The van der Waals surface area contributed by atoms with Gasteiger partial charge in [0, 0.05) is 7.47 Å². The van der Waals surface area contributed by atoms with Crippen LogP contribution in [0.15, 0.2) is 0 Å². The zero-order valence-electron chi connectivity index (χ0n) is 4.06. The Bertz CT molecular complexity index is 47.0. The summed E-state index contributed by atoms with van der Waals surface area (Å²) in [4.78, 5) is 9.50. The van der Waals surface area contributed by atoms with E-state index in [0.29, 0.717) is 6.41 Å². The zero-order chi connectivity index (χ0) is 4.99. The van der Waals surface area contributed by atoms with Gasteiger partial charge in [-0.2, -0.15) is 0 Å². The summed E-state index contributed by atoms with van der Waals surface area (Å²) < 4.78 is 0. The third kappa shape index (κ3) is 3.47. The molecule has 0 bridgehead atoms. The molecule has 0 rings (SSSR count). The fraction of sp³-hybridized carbons (Fsp3) is 0.750. The lowest BCUT2D eigenvalue weighted by Crippen LogP contribution is -2.19. The lowest BCUT2D eigenvalue weighted by molar-refractivity contribution is -0.109. The van der Waals surface area contributed by atoms with Crippen molar-refractivity contribution in [3.05, 3.63) is 0 Å². The maximum absolute atomic E-state index is 9.50. The van der Waals surface area contributed by atoms with Crippen LogP contribution in [0.4, 0.5) is 0 Å². The van der Waals surface area contributed by atoms with Crippen LogP contribution in [0.5, 0.6) is 0 Å². The number of rotatable bonds is 2. The van der Waals surface area contributed by atoms with Gasteiger partial charge in [0.25, 0.3) is 0 Å². The van der Waals surface area contributed by atoms with E-state index in [1.54, 1.807) is 0 Å². The van der Waals surface area contributed by atoms with Gasteiger partial charge in [0.05, 0.1) is 0 Å². The molecule has 0 saturated carbocycles. The number of carbonyl (C=O) groups excluding carboxylic acids is 1. The Morgan fingerprint density at radius 3 is 2.33 bits per heavy atom. The zero-order valence-corrected chi connectivity index (χ0v) is 4.06. The van der Waals surface area contributed by atoms with Crippen molar-refractivity contribution < 1.29 is 6.22 Å². The van der Waals surface area contributed by atoms with E-state index in [4.69, 9.17) is 0 Å². The molecule has 6 heavy (non-hydrogen) atoms. The van der Waals surface area contributed by atoms with Crippen molar-refractivity contribution in [2.75, 3.05) is 0 Å². The fourth-order valence-electron chi connectivity index (χ4n) is 0.136. The van der Waals surface area contributed by atoms with Crippen LogP contribution in [0.2, 0.25) is 0 Å². The van der Waals surface area contributed by atoms with Gasteiger partial charge < -0.3 is 5.32 Å². The Hall–Kier alpha value is -0.530. The van der Waals surface area contributed by atoms with Gasteiger partial charge in [0.2, 0.25) is 6.41 Å². The Morgan fingerprint density at radius 2 is 2.33 bits per heavy atom. The Kier molecular flexibility index (Phi) is 2.46. The first-order chi connectivity index (χ1) is 2.77. The van der Waals surface area contributed by atoms with Crippen LogP contribution in [0.3, 0.4) is 0 Å². The first-order valence-electron chi connectivity index (χ1n) is 1.97. The monoisotopic (exact) mass is 89.1 g/mol. The van der Waals surface area contributed by atoms with Gasteiger partial charge in [-0.3, -0.25) is 4.79 Å². The minimum Gasteiger partial charge on any atom is -0.357 e. The van der Waals surface area contributed by atoms with Crippen molar-refractivity contribution in [3.8, 4) is 0 Å². The minimum absolute atomic E-state index is 0. The summed E-state index contributed by atoms with van der Waals surface area (Å²) in [7, 11) is 0. The standard InChI is InChI=1S/C4H9NO.H2/c1-4(2)5-3-6;/h3-4H,1-2H3,(H,5,6);1H. The summed E-state index contributed by atoms with van der Waals surface area (Å²) >= 11 is 0. The molecule has 0 aromatic carbocycles. The molecule has 0 unspecified atom stereocenters. The summed E-state index contributed by atoms with van der Waals surface area (Å²) in [6, 6.07) is 0.280. The first-order valence-corrected chi connectivity index (χ1v) is 1.97. The lowest BCUT2D eigenvalue weighted by Gasteiger charge is -1.96. The minimum atomic E-state index is 0. The molecule has 0 atom stereocenters. The van der Waals surface area contributed by atoms with Crippen LogP contribution in [-0.2, 0) is 4.79 Å². The lowest BCUT2D eigenvalue weighted by atomic mass is 10.4. The van der Waals surface area contributed by atoms with Gasteiger partial charge in [-0.15, -0.1) is 0 Å². The largest absolute Gasteiger partial charge is 0.357 e. The Labute approximate surface area is 39.0 Å². The maximum atomic E-state index is 9.50. The van der Waals surface area contributed by atoms with Crippen LogP contribution in [-0.4, -0.2) is 12.5 Å². The van der Waals surface area contributed by atoms with Gasteiger partial charge in [-0.05, 0) is 13.8 Å². The third-order valence-electron chi connectivity index (χ3n) is 0.401. The highest BCUT2D eigenvalue weighted by Crippen LogP contribution is 1.67. The topological polar surface area (TPSA) is 29.1 Å². The summed E-state index contributed by atoms with van der Waals surface area (Å²) in [6.07, 6.45) is 0.699. The van der Waals surface area contributed by atoms with E-state index in [0.717, 1.165) is 0 Å². The van der Waals surface area contributed by atoms with Crippen molar-refractivity contribution in [1.82, 2.24) is 5.32 Å². The molecule has 0 aliphatic carbocycles. The molecule has 2 heteroatoms. The van der Waals surface area contributed by atoms with Gasteiger partial charge in [-0.25, -0.2) is 0 Å².